The molecular weight excluding hydrogens is 288 g/mol. The van der Waals surface area contributed by atoms with Crippen LogP contribution in [0.2, 0.25) is 0 Å². The van der Waals surface area contributed by atoms with E-state index < -0.39 is 6.04 Å². The van der Waals surface area contributed by atoms with Gasteiger partial charge in [-0.15, -0.1) is 0 Å². The third-order valence-corrected chi connectivity index (χ3v) is 4.54. The minimum atomic E-state index is -0.493. The van der Waals surface area contributed by atoms with Crippen molar-refractivity contribution in [2.75, 3.05) is 0 Å². The third kappa shape index (κ3) is 4.57. The van der Waals surface area contributed by atoms with Gasteiger partial charge in [0.15, 0.2) is 0 Å². The molecule has 0 radical (unpaired) electrons. The lowest BCUT2D eigenvalue weighted by molar-refractivity contribution is -0.129. The highest BCUT2D eigenvalue weighted by molar-refractivity contribution is 5.87. The van der Waals surface area contributed by atoms with Gasteiger partial charge in [-0.05, 0) is 55.2 Å². The first-order chi connectivity index (χ1) is 10.9. The van der Waals surface area contributed by atoms with Gasteiger partial charge in [0.1, 0.15) is 6.04 Å². The summed E-state index contributed by atoms with van der Waals surface area (Å²) in [6.45, 7) is 7.30. The largest absolute Gasteiger partial charge is 0.348 e. The van der Waals surface area contributed by atoms with Gasteiger partial charge in [0.25, 0.3) is 0 Å². The smallest absolute Gasteiger partial charge is 0.243 e. The Hall–Kier alpha value is -1.84. The average Bonchev–Trinajstić information content (AvgIpc) is 2.51. The molecule has 1 aliphatic carbocycles. The zero-order valence-electron chi connectivity index (χ0n) is 14.6. The maximum atomic E-state index is 12.5. The summed E-state index contributed by atoms with van der Waals surface area (Å²) in [4.78, 5) is 23.8. The van der Waals surface area contributed by atoms with Crippen molar-refractivity contribution in [1.29, 1.82) is 0 Å². The molecule has 2 amide bonds. The van der Waals surface area contributed by atoms with Crippen molar-refractivity contribution in [2.24, 2.45) is 5.92 Å². The van der Waals surface area contributed by atoms with Crippen molar-refractivity contribution >= 4 is 11.8 Å². The molecule has 4 nitrogen and oxygen atoms in total. The quantitative estimate of drug-likeness (QED) is 0.877. The number of aryl methyl sites for hydroxylation is 2. The highest BCUT2D eigenvalue weighted by atomic mass is 16.2. The second-order valence-corrected chi connectivity index (χ2v) is 6.89. The summed E-state index contributed by atoms with van der Waals surface area (Å²) in [5.74, 6) is -0.254. The third-order valence-electron chi connectivity index (χ3n) is 4.54. The summed E-state index contributed by atoms with van der Waals surface area (Å²) in [5, 5.41) is 5.77. The van der Waals surface area contributed by atoms with Gasteiger partial charge in [0.2, 0.25) is 11.8 Å². The van der Waals surface area contributed by atoms with Crippen LogP contribution < -0.4 is 10.6 Å². The van der Waals surface area contributed by atoms with E-state index in [-0.39, 0.29) is 23.8 Å². The highest BCUT2D eigenvalue weighted by Crippen LogP contribution is 2.24. The van der Waals surface area contributed by atoms with E-state index in [1.165, 1.54) is 30.9 Å². The Morgan fingerprint density at radius 2 is 1.65 bits per heavy atom. The molecule has 0 bridgehead atoms. The van der Waals surface area contributed by atoms with Crippen LogP contribution in [0, 0.1) is 5.92 Å². The summed E-state index contributed by atoms with van der Waals surface area (Å²) in [6.07, 6.45) is 4.80. The molecule has 1 aromatic carbocycles. The molecule has 0 aromatic heterocycles. The van der Waals surface area contributed by atoms with Crippen LogP contribution in [0.5, 0.6) is 0 Å². The second kappa shape index (κ2) is 7.62. The molecule has 0 unspecified atom stereocenters. The SMILES string of the molecule is CC(=O)N[C@H](C(=O)N[C@H](C)c1ccc2c(c1)CCCC2)C(C)C. The number of carbonyl (C=O) groups excluding carboxylic acids is 2. The van der Waals surface area contributed by atoms with Crippen molar-refractivity contribution < 1.29 is 9.59 Å². The molecule has 0 saturated heterocycles. The fourth-order valence-electron chi connectivity index (χ4n) is 3.16. The fourth-order valence-corrected chi connectivity index (χ4v) is 3.16. The molecule has 2 N–H and O–H groups in total. The van der Waals surface area contributed by atoms with Gasteiger partial charge in [-0.2, -0.15) is 0 Å². The molecule has 2 atom stereocenters. The Labute approximate surface area is 139 Å². The van der Waals surface area contributed by atoms with Gasteiger partial charge in [-0.3, -0.25) is 9.59 Å². The molecule has 23 heavy (non-hydrogen) atoms. The van der Waals surface area contributed by atoms with Gasteiger partial charge in [0, 0.05) is 6.92 Å². The van der Waals surface area contributed by atoms with Gasteiger partial charge >= 0.3 is 0 Å². The molecule has 0 heterocycles. The van der Waals surface area contributed by atoms with E-state index in [2.05, 4.69) is 28.8 Å². The van der Waals surface area contributed by atoms with Crippen LogP contribution in [0.25, 0.3) is 0 Å². The lowest BCUT2D eigenvalue weighted by Gasteiger charge is -2.24. The van der Waals surface area contributed by atoms with Crippen molar-refractivity contribution in [1.82, 2.24) is 10.6 Å². The summed E-state index contributed by atoms with van der Waals surface area (Å²) in [5.41, 5.74) is 3.98. The van der Waals surface area contributed by atoms with Crippen molar-refractivity contribution in [3.8, 4) is 0 Å². The first-order valence-corrected chi connectivity index (χ1v) is 8.57. The van der Waals surface area contributed by atoms with Crippen molar-refractivity contribution in [3.63, 3.8) is 0 Å². The van der Waals surface area contributed by atoms with E-state index in [9.17, 15) is 9.59 Å². The molecule has 0 aliphatic heterocycles. The lowest BCUT2D eigenvalue weighted by atomic mass is 9.89. The van der Waals surface area contributed by atoms with Crippen LogP contribution in [0.15, 0.2) is 18.2 Å². The highest BCUT2D eigenvalue weighted by Gasteiger charge is 2.24. The van der Waals surface area contributed by atoms with Crippen LogP contribution in [0.1, 0.15) is 63.3 Å². The minimum Gasteiger partial charge on any atom is -0.348 e. The van der Waals surface area contributed by atoms with E-state index in [4.69, 9.17) is 0 Å². The first-order valence-electron chi connectivity index (χ1n) is 8.57. The van der Waals surface area contributed by atoms with E-state index in [0.717, 1.165) is 18.4 Å². The second-order valence-electron chi connectivity index (χ2n) is 6.89. The topological polar surface area (TPSA) is 58.2 Å². The fraction of sp³-hybridized carbons (Fsp3) is 0.579. The molecular formula is C19H28N2O2. The molecule has 0 saturated carbocycles. The summed E-state index contributed by atoms with van der Waals surface area (Å²) in [7, 11) is 0. The summed E-state index contributed by atoms with van der Waals surface area (Å²) in [6, 6.07) is 5.97. The van der Waals surface area contributed by atoms with Crippen LogP contribution in [-0.4, -0.2) is 17.9 Å². The molecule has 126 valence electrons. The van der Waals surface area contributed by atoms with Crippen LogP contribution in [0.4, 0.5) is 0 Å². The Kier molecular flexibility index (Phi) is 5.80. The summed E-state index contributed by atoms with van der Waals surface area (Å²) < 4.78 is 0. The van der Waals surface area contributed by atoms with Crippen LogP contribution in [-0.2, 0) is 22.4 Å². The van der Waals surface area contributed by atoms with E-state index >= 15 is 0 Å². The Morgan fingerprint density at radius 3 is 2.26 bits per heavy atom. The minimum absolute atomic E-state index is 0.0506. The molecule has 0 spiro atoms. The lowest BCUT2D eigenvalue weighted by Crippen LogP contribution is -2.49. The Morgan fingerprint density at radius 1 is 1.00 bits per heavy atom. The normalized spacial score (nSPS) is 16.4. The van der Waals surface area contributed by atoms with Gasteiger partial charge in [-0.1, -0.05) is 32.0 Å². The maximum absolute atomic E-state index is 12.5. The molecule has 2 rings (SSSR count). The van der Waals surface area contributed by atoms with Gasteiger partial charge in [-0.25, -0.2) is 0 Å². The Bertz CT molecular complexity index is 581. The molecule has 1 aromatic rings. The Balaban J connectivity index is 2.06. The number of hydrogen-bond acceptors (Lipinski definition) is 2. The number of amides is 2. The molecule has 4 heteroatoms. The predicted octanol–water partition coefficient (Wildman–Crippen LogP) is 2.90. The van der Waals surface area contributed by atoms with Crippen molar-refractivity contribution in [2.45, 2.75) is 65.5 Å². The number of fused-ring (bicyclic) bond motifs is 1. The predicted molar refractivity (Wildman–Crippen MR) is 92.1 cm³/mol. The van der Waals surface area contributed by atoms with E-state index in [1.54, 1.807) is 0 Å². The molecule has 0 fully saturated rings. The van der Waals surface area contributed by atoms with Crippen LogP contribution >= 0.6 is 0 Å². The number of benzene rings is 1. The molecule has 1 aliphatic rings. The monoisotopic (exact) mass is 316 g/mol. The number of carbonyl (C=O) groups is 2. The zero-order chi connectivity index (χ0) is 17.0. The summed E-state index contributed by atoms with van der Waals surface area (Å²) >= 11 is 0. The van der Waals surface area contributed by atoms with Crippen LogP contribution in [0.3, 0.4) is 0 Å². The number of hydrogen-bond donors (Lipinski definition) is 2. The average molecular weight is 316 g/mol. The van der Waals surface area contributed by atoms with E-state index in [0.29, 0.717) is 0 Å². The van der Waals surface area contributed by atoms with Gasteiger partial charge < -0.3 is 10.6 Å². The van der Waals surface area contributed by atoms with Gasteiger partial charge in [0.05, 0.1) is 6.04 Å². The first kappa shape index (κ1) is 17.5. The number of rotatable bonds is 5. The maximum Gasteiger partial charge on any atom is 0.243 e. The number of nitrogens with one attached hydrogen (secondary N) is 2. The van der Waals surface area contributed by atoms with Crippen molar-refractivity contribution in [3.05, 3.63) is 34.9 Å². The standard InChI is InChI=1S/C19H28N2O2/c1-12(2)18(21-14(4)22)19(23)20-13(3)16-10-9-15-7-5-6-8-17(15)11-16/h9-13,18H,5-8H2,1-4H3,(H,20,23)(H,21,22)/t13-,18+/m1/s1. The van der Waals surface area contributed by atoms with E-state index in [1.807, 2.05) is 20.8 Å². The zero-order valence-corrected chi connectivity index (χ0v) is 14.6.